The molecular formula is C15H15N3O2S. The average Bonchev–Trinajstić information content (AvgIpc) is 2.49. The smallest absolute Gasteiger partial charge is 0.261 e. The number of hydrogen-bond donors (Lipinski definition) is 2. The molecule has 0 fully saturated rings. The molecule has 0 amide bonds. The second-order valence-electron chi connectivity index (χ2n) is 4.43. The molecule has 0 aliphatic rings. The summed E-state index contributed by atoms with van der Waals surface area (Å²) < 4.78 is 27.3. The first-order valence-electron chi connectivity index (χ1n) is 6.32. The van der Waals surface area contributed by atoms with Crippen LogP contribution in [0.1, 0.15) is 11.1 Å². The van der Waals surface area contributed by atoms with Gasteiger partial charge in [-0.25, -0.2) is 8.42 Å². The number of rotatable bonds is 5. The van der Waals surface area contributed by atoms with Crippen LogP contribution in [0.4, 0.5) is 5.69 Å². The van der Waals surface area contributed by atoms with Gasteiger partial charge in [0.2, 0.25) is 0 Å². The minimum atomic E-state index is -3.67. The third-order valence-electron chi connectivity index (χ3n) is 2.92. The van der Waals surface area contributed by atoms with Crippen molar-refractivity contribution in [3.8, 4) is 6.07 Å². The highest BCUT2D eigenvalue weighted by Gasteiger charge is 2.15. The Balaban J connectivity index is 2.31. The van der Waals surface area contributed by atoms with Gasteiger partial charge >= 0.3 is 0 Å². The van der Waals surface area contributed by atoms with Gasteiger partial charge in [0.15, 0.2) is 0 Å². The molecule has 2 aromatic carbocycles. The summed E-state index contributed by atoms with van der Waals surface area (Å²) >= 11 is 0. The van der Waals surface area contributed by atoms with E-state index in [1.165, 1.54) is 24.3 Å². The summed E-state index contributed by atoms with van der Waals surface area (Å²) in [6.07, 6.45) is 0. The van der Waals surface area contributed by atoms with Crippen LogP contribution in [0.15, 0.2) is 53.4 Å². The van der Waals surface area contributed by atoms with Gasteiger partial charge in [0, 0.05) is 6.54 Å². The van der Waals surface area contributed by atoms with Crippen LogP contribution in [0.2, 0.25) is 0 Å². The van der Waals surface area contributed by atoms with Crippen molar-refractivity contribution in [1.82, 2.24) is 5.32 Å². The number of anilines is 1. The zero-order valence-corrected chi connectivity index (χ0v) is 12.3. The lowest BCUT2D eigenvalue weighted by atomic mass is 10.2. The molecule has 21 heavy (non-hydrogen) atoms. The molecule has 0 atom stereocenters. The van der Waals surface area contributed by atoms with Crippen molar-refractivity contribution >= 4 is 15.7 Å². The number of para-hydroxylation sites is 1. The number of nitriles is 1. The Morgan fingerprint density at radius 3 is 2.38 bits per heavy atom. The standard InChI is InChI=1S/C15H15N3O2S/c1-17-11-13-4-2-3-5-15(13)18-21(19,20)14-8-6-12(10-16)7-9-14/h2-9,17-18H,11H2,1H3. The quantitative estimate of drug-likeness (QED) is 0.886. The van der Waals surface area contributed by atoms with Crippen LogP contribution < -0.4 is 10.0 Å². The Morgan fingerprint density at radius 1 is 1.10 bits per heavy atom. The van der Waals surface area contributed by atoms with E-state index in [0.29, 0.717) is 17.8 Å². The third kappa shape index (κ3) is 3.60. The summed E-state index contributed by atoms with van der Waals surface area (Å²) in [5, 5.41) is 11.7. The predicted octanol–water partition coefficient (Wildman–Crippen LogP) is 2.08. The summed E-state index contributed by atoms with van der Waals surface area (Å²) in [6, 6.07) is 15.0. The SMILES string of the molecule is CNCc1ccccc1NS(=O)(=O)c1ccc(C#N)cc1. The van der Waals surface area contributed by atoms with Gasteiger partial charge in [0.25, 0.3) is 10.0 Å². The first-order valence-corrected chi connectivity index (χ1v) is 7.80. The molecule has 0 radical (unpaired) electrons. The second-order valence-corrected chi connectivity index (χ2v) is 6.11. The van der Waals surface area contributed by atoms with Crippen LogP contribution in [-0.2, 0) is 16.6 Å². The van der Waals surface area contributed by atoms with Gasteiger partial charge in [-0.2, -0.15) is 5.26 Å². The van der Waals surface area contributed by atoms with Gasteiger partial charge in [-0.1, -0.05) is 18.2 Å². The maximum absolute atomic E-state index is 12.3. The number of sulfonamides is 1. The van der Waals surface area contributed by atoms with E-state index in [1.54, 1.807) is 19.2 Å². The largest absolute Gasteiger partial charge is 0.316 e. The van der Waals surface area contributed by atoms with Crippen LogP contribution >= 0.6 is 0 Å². The van der Waals surface area contributed by atoms with E-state index in [-0.39, 0.29) is 4.90 Å². The number of nitrogens with zero attached hydrogens (tertiary/aromatic N) is 1. The molecule has 5 nitrogen and oxygen atoms in total. The van der Waals surface area contributed by atoms with Crippen molar-refractivity contribution in [1.29, 1.82) is 5.26 Å². The Bertz CT molecular complexity index is 762. The highest BCUT2D eigenvalue weighted by Crippen LogP contribution is 2.20. The molecule has 0 bridgehead atoms. The van der Waals surface area contributed by atoms with Gasteiger partial charge in [-0.15, -0.1) is 0 Å². The Morgan fingerprint density at radius 2 is 1.76 bits per heavy atom. The molecule has 0 aromatic heterocycles. The normalized spacial score (nSPS) is 10.9. The van der Waals surface area contributed by atoms with Gasteiger partial charge in [-0.05, 0) is 42.9 Å². The summed E-state index contributed by atoms with van der Waals surface area (Å²) in [4.78, 5) is 0.126. The molecule has 2 N–H and O–H groups in total. The van der Waals surface area contributed by atoms with E-state index >= 15 is 0 Å². The first kappa shape index (κ1) is 15.0. The van der Waals surface area contributed by atoms with E-state index in [0.717, 1.165) is 5.56 Å². The maximum atomic E-state index is 12.3. The van der Waals surface area contributed by atoms with Gasteiger partial charge in [0.1, 0.15) is 0 Å². The molecule has 2 aromatic rings. The van der Waals surface area contributed by atoms with Crippen molar-refractivity contribution in [2.75, 3.05) is 11.8 Å². The molecule has 0 saturated heterocycles. The summed E-state index contributed by atoms with van der Waals surface area (Å²) in [7, 11) is -1.87. The summed E-state index contributed by atoms with van der Waals surface area (Å²) in [5.74, 6) is 0. The van der Waals surface area contributed by atoms with Crippen LogP contribution in [0, 0.1) is 11.3 Å². The third-order valence-corrected chi connectivity index (χ3v) is 4.30. The second kappa shape index (κ2) is 6.39. The van der Waals surface area contributed by atoms with Crippen LogP contribution in [0.5, 0.6) is 0 Å². The topological polar surface area (TPSA) is 82.0 Å². The first-order chi connectivity index (χ1) is 10.1. The Kier molecular flexibility index (Phi) is 4.58. The van der Waals surface area contributed by atoms with Crippen LogP contribution in [0.25, 0.3) is 0 Å². The number of benzene rings is 2. The van der Waals surface area contributed by atoms with Crippen LogP contribution in [-0.4, -0.2) is 15.5 Å². The van der Waals surface area contributed by atoms with Crippen molar-refractivity contribution in [3.05, 3.63) is 59.7 Å². The molecule has 0 saturated carbocycles. The lowest BCUT2D eigenvalue weighted by Gasteiger charge is -2.12. The summed E-state index contributed by atoms with van der Waals surface area (Å²) in [5.41, 5.74) is 1.82. The van der Waals surface area contributed by atoms with Crippen molar-refractivity contribution in [2.45, 2.75) is 11.4 Å². The van der Waals surface area contributed by atoms with Gasteiger partial charge in [0.05, 0.1) is 22.2 Å². The van der Waals surface area contributed by atoms with Crippen LogP contribution in [0.3, 0.4) is 0 Å². The predicted molar refractivity (Wildman–Crippen MR) is 81.2 cm³/mol. The van der Waals surface area contributed by atoms with Crippen molar-refractivity contribution in [3.63, 3.8) is 0 Å². The zero-order valence-electron chi connectivity index (χ0n) is 11.5. The van der Waals surface area contributed by atoms with E-state index in [9.17, 15) is 8.42 Å². The fourth-order valence-corrected chi connectivity index (χ4v) is 2.98. The minimum absolute atomic E-state index is 0.126. The highest BCUT2D eigenvalue weighted by molar-refractivity contribution is 7.92. The van der Waals surface area contributed by atoms with E-state index in [1.807, 2.05) is 18.2 Å². The Labute approximate surface area is 124 Å². The van der Waals surface area contributed by atoms with E-state index < -0.39 is 10.0 Å². The molecular weight excluding hydrogens is 286 g/mol. The van der Waals surface area contributed by atoms with Gasteiger partial charge < -0.3 is 5.32 Å². The summed E-state index contributed by atoms with van der Waals surface area (Å²) in [6.45, 7) is 0.562. The van der Waals surface area contributed by atoms with Gasteiger partial charge in [-0.3, -0.25) is 4.72 Å². The molecule has 6 heteroatoms. The fourth-order valence-electron chi connectivity index (χ4n) is 1.88. The highest BCUT2D eigenvalue weighted by atomic mass is 32.2. The lowest BCUT2D eigenvalue weighted by molar-refractivity contribution is 0.601. The fraction of sp³-hybridized carbons (Fsp3) is 0.133. The van der Waals surface area contributed by atoms with Crippen molar-refractivity contribution < 1.29 is 8.42 Å². The van der Waals surface area contributed by atoms with Crippen molar-refractivity contribution in [2.24, 2.45) is 0 Å². The molecule has 0 aliphatic carbocycles. The molecule has 0 spiro atoms. The average molecular weight is 301 g/mol. The lowest BCUT2D eigenvalue weighted by Crippen LogP contribution is -2.16. The maximum Gasteiger partial charge on any atom is 0.261 e. The van der Waals surface area contributed by atoms with E-state index in [4.69, 9.17) is 5.26 Å². The molecule has 108 valence electrons. The molecule has 0 heterocycles. The number of hydrogen-bond acceptors (Lipinski definition) is 4. The van der Waals surface area contributed by atoms with E-state index in [2.05, 4.69) is 10.0 Å². The minimum Gasteiger partial charge on any atom is -0.316 e. The molecule has 0 aliphatic heterocycles. The molecule has 2 rings (SSSR count). The Hall–Kier alpha value is -2.36. The molecule has 0 unspecified atom stereocenters. The zero-order chi connectivity index (χ0) is 15.3. The number of nitrogens with one attached hydrogen (secondary N) is 2. The monoisotopic (exact) mass is 301 g/mol.